The van der Waals surface area contributed by atoms with Crippen molar-refractivity contribution >= 4 is 21.6 Å². The van der Waals surface area contributed by atoms with Crippen LogP contribution in [0.1, 0.15) is 54.9 Å². The second-order valence-corrected chi connectivity index (χ2v) is 10.6. The summed E-state index contributed by atoms with van der Waals surface area (Å²) in [5.41, 5.74) is -0.123. The highest BCUT2D eigenvalue weighted by molar-refractivity contribution is 7.89. The van der Waals surface area contributed by atoms with Gasteiger partial charge >= 0.3 is 0 Å². The molecule has 0 aromatic heterocycles. The molecule has 0 aliphatic carbocycles. The molecule has 1 aliphatic heterocycles. The maximum atomic E-state index is 12.9. The number of carbonyl (C=O) groups excluding carboxylic acids is 1. The van der Waals surface area contributed by atoms with Crippen molar-refractivity contribution in [3.63, 3.8) is 0 Å². The van der Waals surface area contributed by atoms with Crippen molar-refractivity contribution in [2.45, 2.75) is 71.4 Å². The quantitative estimate of drug-likeness (QED) is 0.867. The molecule has 1 aromatic rings. The lowest BCUT2D eigenvalue weighted by atomic mass is 9.82. The molecule has 1 N–H and O–H groups in total. The number of carbonyl (C=O) groups is 1. The fourth-order valence-electron chi connectivity index (χ4n) is 3.67. The first kappa shape index (κ1) is 20.7. The van der Waals surface area contributed by atoms with Crippen LogP contribution in [0.25, 0.3) is 0 Å². The van der Waals surface area contributed by atoms with E-state index in [0.29, 0.717) is 24.4 Å². The van der Waals surface area contributed by atoms with Gasteiger partial charge in [-0.2, -0.15) is 0 Å². The lowest BCUT2D eigenvalue weighted by Gasteiger charge is -2.34. The van der Waals surface area contributed by atoms with Gasteiger partial charge in [-0.1, -0.05) is 20.8 Å². The van der Waals surface area contributed by atoms with Crippen LogP contribution in [0.3, 0.4) is 0 Å². The number of sulfonamides is 1. The van der Waals surface area contributed by atoms with E-state index < -0.39 is 15.6 Å². The number of hydrogen-bond acceptors (Lipinski definition) is 4. The smallest absolute Gasteiger partial charge is 0.241 e. The van der Waals surface area contributed by atoms with Gasteiger partial charge in [0.2, 0.25) is 15.9 Å². The normalized spacial score (nSPS) is 18.3. The number of nitrogens with zero attached hydrogens (tertiary/aromatic N) is 1. The van der Waals surface area contributed by atoms with Gasteiger partial charge in [0, 0.05) is 12.5 Å². The molecule has 1 atom stereocenters. The van der Waals surface area contributed by atoms with Gasteiger partial charge in [0.05, 0.1) is 17.1 Å². The Morgan fingerprint density at radius 3 is 2.42 bits per heavy atom. The van der Waals surface area contributed by atoms with Crippen LogP contribution < -0.4 is 14.4 Å². The van der Waals surface area contributed by atoms with E-state index in [1.54, 1.807) is 11.0 Å². The van der Waals surface area contributed by atoms with E-state index in [9.17, 15) is 13.2 Å². The van der Waals surface area contributed by atoms with Crippen molar-refractivity contribution in [2.24, 2.45) is 5.41 Å². The predicted molar refractivity (Wildman–Crippen MR) is 103 cm³/mol. The van der Waals surface area contributed by atoms with E-state index in [1.165, 1.54) is 19.1 Å². The molecular formula is C19H30N2O4S. The van der Waals surface area contributed by atoms with Crippen LogP contribution in [0, 0.1) is 5.41 Å². The average Bonchev–Trinajstić information content (AvgIpc) is 2.41. The Kier molecular flexibility index (Phi) is 5.46. The standard InChI is InChI=1S/C19H30N2O4S/c1-13-11-21(14(2)22)16-10-15(8-9-17(16)25-13)26(23,24)20-19(6,7)12-18(3,4)5/h8-10,13,20H,11-12H2,1-7H3. The Hall–Kier alpha value is -1.60. The molecule has 0 radical (unpaired) electrons. The van der Waals surface area contributed by atoms with Crippen LogP contribution in [0.15, 0.2) is 23.1 Å². The summed E-state index contributed by atoms with van der Waals surface area (Å²) in [7, 11) is -3.73. The minimum Gasteiger partial charge on any atom is -0.487 e. The van der Waals surface area contributed by atoms with Crippen LogP contribution in [-0.4, -0.2) is 32.5 Å². The summed E-state index contributed by atoms with van der Waals surface area (Å²) >= 11 is 0. The van der Waals surface area contributed by atoms with Crippen molar-refractivity contribution in [1.29, 1.82) is 0 Å². The zero-order valence-corrected chi connectivity index (χ0v) is 17.5. The zero-order valence-electron chi connectivity index (χ0n) is 16.7. The van der Waals surface area contributed by atoms with Gasteiger partial charge in [0.1, 0.15) is 11.9 Å². The number of benzene rings is 1. The second-order valence-electron chi connectivity index (χ2n) is 8.91. The first-order valence-electron chi connectivity index (χ1n) is 8.83. The van der Waals surface area contributed by atoms with Crippen LogP contribution in [0.4, 0.5) is 5.69 Å². The molecule has 1 heterocycles. The molecule has 1 amide bonds. The Labute approximate surface area is 157 Å². The van der Waals surface area contributed by atoms with Gasteiger partial charge in [0.15, 0.2) is 0 Å². The number of fused-ring (bicyclic) bond motifs is 1. The fraction of sp³-hybridized carbons (Fsp3) is 0.632. The molecule has 146 valence electrons. The summed E-state index contributed by atoms with van der Waals surface area (Å²) in [5, 5.41) is 0. The van der Waals surface area contributed by atoms with E-state index in [1.807, 2.05) is 20.8 Å². The molecule has 0 saturated carbocycles. The summed E-state index contributed by atoms with van der Waals surface area (Å²) in [4.78, 5) is 13.6. The highest BCUT2D eigenvalue weighted by atomic mass is 32.2. The molecule has 1 unspecified atom stereocenters. The van der Waals surface area contributed by atoms with Gasteiger partial charge in [-0.25, -0.2) is 13.1 Å². The Bertz CT molecular complexity index is 794. The van der Waals surface area contributed by atoms with Gasteiger partial charge in [0.25, 0.3) is 0 Å². The van der Waals surface area contributed by atoms with Crippen LogP contribution >= 0.6 is 0 Å². The highest BCUT2D eigenvalue weighted by Crippen LogP contribution is 2.36. The first-order chi connectivity index (χ1) is 11.7. The number of rotatable bonds is 4. The third-order valence-corrected chi connectivity index (χ3v) is 5.76. The molecule has 6 nitrogen and oxygen atoms in total. The summed E-state index contributed by atoms with van der Waals surface area (Å²) in [5.74, 6) is 0.379. The van der Waals surface area contributed by atoms with Gasteiger partial charge in [-0.05, 0) is 50.8 Å². The number of amides is 1. The molecule has 0 bridgehead atoms. The lowest BCUT2D eigenvalue weighted by molar-refractivity contribution is -0.117. The maximum absolute atomic E-state index is 12.9. The number of hydrogen-bond donors (Lipinski definition) is 1. The number of anilines is 1. The topological polar surface area (TPSA) is 75.7 Å². The van der Waals surface area contributed by atoms with Crippen molar-refractivity contribution in [2.75, 3.05) is 11.4 Å². The summed E-state index contributed by atoms with van der Waals surface area (Å²) in [6, 6.07) is 4.65. The Morgan fingerprint density at radius 1 is 1.27 bits per heavy atom. The van der Waals surface area contributed by atoms with E-state index in [4.69, 9.17) is 4.74 Å². The average molecular weight is 383 g/mol. The fourth-order valence-corrected chi connectivity index (χ4v) is 5.10. The summed E-state index contributed by atoms with van der Waals surface area (Å²) in [6.45, 7) is 13.7. The van der Waals surface area contributed by atoms with Crippen molar-refractivity contribution in [3.8, 4) is 5.75 Å². The van der Waals surface area contributed by atoms with Gasteiger partial charge < -0.3 is 9.64 Å². The molecule has 2 rings (SSSR count). The van der Waals surface area contributed by atoms with Crippen molar-refractivity contribution in [1.82, 2.24) is 4.72 Å². The van der Waals surface area contributed by atoms with Gasteiger partial charge in [-0.3, -0.25) is 4.79 Å². The number of ether oxygens (including phenoxy) is 1. The van der Waals surface area contributed by atoms with Crippen LogP contribution in [0.2, 0.25) is 0 Å². The third-order valence-electron chi connectivity index (χ3n) is 4.06. The van der Waals surface area contributed by atoms with Crippen LogP contribution in [0.5, 0.6) is 5.75 Å². The second kappa shape index (κ2) is 6.85. The number of nitrogens with one attached hydrogen (secondary N) is 1. The Morgan fingerprint density at radius 2 is 1.88 bits per heavy atom. The SMILES string of the molecule is CC(=O)N1CC(C)Oc2ccc(S(=O)(=O)NC(C)(C)CC(C)(C)C)cc21. The van der Waals surface area contributed by atoms with Crippen molar-refractivity contribution in [3.05, 3.63) is 18.2 Å². The maximum Gasteiger partial charge on any atom is 0.241 e. The van der Waals surface area contributed by atoms with Crippen LogP contribution in [-0.2, 0) is 14.8 Å². The molecular weight excluding hydrogens is 352 g/mol. The molecule has 26 heavy (non-hydrogen) atoms. The molecule has 0 spiro atoms. The molecule has 1 aliphatic rings. The largest absolute Gasteiger partial charge is 0.487 e. The molecule has 1 aromatic carbocycles. The monoisotopic (exact) mass is 382 g/mol. The van der Waals surface area contributed by atoms with Gasteiger partial charge in [-0.15, -0.1) is 0 Å². The minimum atomic E-state index is -3.73. The summed E-state index contributed by atoms with van der Waals surface area (Å²) in [6.07, 6.45) is 0.544. The predicted octanol–water partition coefficient (Wildman–Crippen LogP) is 3.31. The Balaban J connectivity index is 2.37. The lowest BCUT2D eigenvalue weighted by Crippen LogP contribution is -2.46. The zero-order chi connectivity index (χ0) is 19.9. The van der Waals surface area contributed by atoms with E-state index in [0.717, 1.165) is 0 Å². The van der Waals surface area contributed by atoms with E-state index >= 15 is 0 Å². The molecule has 0 fully saturated rings. The van der Waals surface area contributed by atoms with Crippen molar-refractivity contribution < 1.29 is 17.9 Å². The summed E-state index contributed by atoms with van der Waals surface area (Å²) < 4.78 is 34.3. The molecule has 0 saturated heterocycles. The highest BCUT2D eigenvalue weighted by Gasteiger charge is 2.32. The van der Waals surface area contributed by atoms with E-state index in [-0.39, 0.29) is 22.3 Å². The third kappa shape index (κ3) is 4.98. The molecule has 7 heteroatoms. The van der Waals surface area contributed by atoms with E-state index in [2.05, 4.69) is 25.5 Å². The first-order valence-corrected chi connectivity index (χ1v) is 10.3. The minimum absolute atomic E-state index is 0.0166.